The van der Waals surface area contributed by atoms with Crippen LogP contribution in [0.4, 0.5) is 20.2 Å². The third kappa shape index (κ3) is 3.54. The van der Waals surface area contributed by atoms with Gasteiger partial charge in [-0.3, -0.25) is 10.1 Å². The number of halogens is 2. The van der Waals surface area contributed by atoms with E-state index in [1.165, 1.54) is 17.4 Å². The van der Waals surface area contributed by atoms with Crippen molar-refractivity contribution in [1.29, 1.82) is 0 Å². The molecule has 2 aromatic rings. The van der Waals surface area contributed by atoms with Gasteiger partial charge in [-0.15, -0.1) is 11.3 Å². The first kappa shape index (κ1) is 18.6. The van der Waals surface area contributed by atoms with Crippen LogP contribution in [0.15, 0.2) is 34.7 Å². The number of aromatic nitrogens is 1. The van der Waals surface area contributed by atoms with Gasteiger partial charge in [0, 0.05) is 36.7 Å². The summed E-state index contributed by atoms with van der Waals surface area (Å²) in [5.41, 5.74) is -0.268. The molecule has 140 valence electrons. The number of rotatable bonds is 5. The zero-order valence-electron chi connectivity index (χ0n) is 13.4. The normalized spacial score (nSPS) is 18.3. The Bertz CT molecular complexity index is 904. The van der Waals surface area contributed by atoms with Crippen LogP contribution >= 0.6 is 11.3 Å². The minimum Gasteiger partial charge on any atom is -0.365 e. The Hall–Kier alpha value is -2.14. The van der Waals surface area contributed by atoms with Gasteiger partial charge in [-0.1, -0.05) is 0 Å². The average molecular weight is 403 g/mol. The summed E-state index contributed by atoms with van der Waals surface area (Å²) >= 11 is 1.51. The Morgan fingerprint density at radius 2 is 2.15 bits per heavy atom. The van der Waals surface area contributed by atoms with Crippen molar-refractivity contribution >= 4 is 32.5 Å². The van der Waals surface area contributed by atoms with E-state index >= 15 is 0 Å². The molecular formula is C15H15F2N3O4S2. The van der Waals surface area contributed by atoms with Gasteiger partial charge >= 0.3 is 5.76 Å². The quantitative estimate of drug-likeness (QED) is 0.561. The van der Waals surface area contributed by atoms with E-state index in [1.54, 1.807) is 11.1 Å². The molecular weight excluding hydrogens is 388 g/mol. The molecule has 1 aromatic carbocycles. The van der Waals surface area contributed by atoms with Crippen molar-refractivity contribution in [2.75, 3.05) is 18.0 Å². The number of hydrogen-bond donors (Lipinski definition) is 0. The Balaban J connectivity index is 1.95. The molecule has 11 heteroatoms. The van der Waals surface area contributed by atoms with Crippen molar-refractivity contribution in [3.05, 3.63) is 44.9 Å². The molecule has 2 heterocycles. The number of hydrogen-bond acceptors (Lipinski definition) is 7. The van der Waals surface area contributed by atoms with Crippen molar-refractivity contribution in [3.8, 4) is 0 Å². The highest BCUT2D eigenvalue weighted by Gasteiger charge is 2.32. The lowest BCUT2D eigenvalue weighted by Gasteiger charge is -2.33. The number of nitrogens with zero attached hydrogens (tertiary/aromatic N) is 3. The third-order valence-corrected chi connectivity index (χ3v) is 6.59. The lowest BCUT2D eigenvalue weighted by Crippen LogP contribution is -2.34. The van der Waals surface area contributed by atoms with Crippen LogP contribution < -0.4 is 4.90 Å². The minimum atomic E-state index is -4.89. The topological polar surface area (TPSA) is 93.4 Å². The fourth-order valence-electron chi connectivity index (χ4n) is 3.03. The maximum atomic E-state index is 12.7. The molecule has 1 aromatic heterocycles. The van der Waals surface area contributed by atoms with Crippen molar-refractivity contribution < 1.29 is 22.1 Å². The first-order valence-electron chi connectivity index (χ1n) is 7.75. The molecule has 0 N–H and O–H groups in total. The smallest absolute Gasteiger partial charge is 0.341 e. The van der Waals surface area contributed by atoms with E-state index in [0.29, 0.717) is 19.2 Å². The summed E-state index contributed by atoms with van der Waals surface area (Å²) in [7, 11) is -4.89. The first-order chi connectivity index (χ1) is 12.3. The molecule has 0 amide bonds. The Kier molecular flexibility index (Phi) is 5.19. The van der Waals surface area contributed by atoms with E-state index in [2.05, 4.69) is 4.98 Å². The fourth-order valence-corrected chi connectivity index (χ4v) is 4.54. The number of alkyl halides is 2. The van der Waals surface area contributed by atoms with Crippen LogP contribution in [0.3, 0.4) is 0 Å². The van der Waals surface area contributed by atoms with Crippen LogP contribution in [-0.2, 0) is 9.84 Å². The molecule has 1 unspecified atom stereocenters. The molecule has 1 aliphatic rings. The Labute approximate surface area is 152 Å². The van der Waals surface area contributed by atoms with Gasteiger partial charge in [0.05, 0.1) is 14.8 Å². The molecule has 0 saturated carbocycles. The molecule has 0 radical (unpaired) electrons. The molecule has 1 fully saturated rings. The zero-order chi connectivity index (χ0) is 18.9. The van der Waals surface area contributed by atoms with Crippen molar-refractivity contribution in [2.24, 2.45) is 0 Å². The van der Waals surface area contributed by atoms with Gasteiger partial charge in [-0.25, -0.2) is 13.4 Å². The van der Waals surface area contributed by atoms with Gasteiger partial charge in [-0.05, 0) is 25.0 Å². The monoisotopic (exact) mass is 403 g/mol. The number of anilines is 1. The summed E-state index contributed by atoms with van der Waals surface area (Å²) in [5.74, 6) is -3.51. The van der Waals surface area contributed by atoms with Crippen LogP contribution in [0.1, 0.15) is 23.8 Å². The molecule has 7 nitrogen and oxygen atoms in total. The van der Waals surface area contributed by atoms with Gasteiger partial charge in [-0.2, -0.15) is 8.78 Å². The summed E-state index contributed by atoms with van der Waals surface area (Å²) in [5, 5.41) is 14.2. The Morgan fingerprint density at radius 3 is 2.77 bits per heavy atom. The summed E-state index contributed by atoms with van der Waals surface area (Å²) in [6.45, 7) is 1.05. The van der Waals surface area contributed by atoms with Gasteiger partial charge in [0.25, 0.3) is 5.69 Å². The number of thiazole rings is 1. The highest BCUT2D eigenvalue weighted by Crippen LogP contribution is 2.37. The van der Waals surface area contributed by atoms with Crippen molar-refractivity contribution in [3.63, 3.8) is 0 Å². The number of benzene rings is 1. The van der Waals surface area contributed by atoms with Crippen molar-refractivity contribution in [2.45, 2.75) is 29.4 Å². The highest BCUT2D eigenvalue weighted by atomic mass is 32.2. The van der Waals surface area contributed by atoms with E-state index in [1.807, 2.05) is 5.38 Å². The van der Waals surface area contributed by atoms with Crippen LogP contribution in [-0.4, -0.2) is 37.2 Å². The van der Waals surface area contributed by atoms with E-state index < -0.39 is 31.1 Å². The predicted molar refractivity (Wildman–Crippen MR) is 92.6 cm³/mol. The second kappa shape index (κ2) is 7.23. The molecule has 1 saturated heterocycles. The lowest BCUT2D eigenvalue weighted by atomic mass is 9.98. The van der Waals surface area contributed by atoms with E-state index in [-0.39, 0.29) is 11.6 Å². The summed E-state index contributed by atoms with van der Waals surface area (Å²) in [4.78, 5) is 16.0. The minimum absolute atomic E-state index is 0.118. The molecule has 0 aliphatic carbocycles. The van der Waals surface area contributed by atoms with Gasteiger partial charge in [0.15, 0.2) is 0 Å². The van der Waals surface area contributed by atoms with Crippen LogP contribution in [0.5, 0.6) is 0 Å². The van der Waals surface area contributed by atoms with Crippen LogP contribution in [0, 0.1) is 10.1 Å². The van der Waals surface area contributed by atoms with E-state index in [4.69, 9.17) is 0 Å². The van der Waals surface area contributed by atoms with E-state index in [9.17, 15) is 27.3 Å². The highest BCUT2D eigenvalue weighted by molar-refractivity contribution is 7.91. The maximum Gasteiger partial charge on any atom is 0.341 e. The number of nitro groups is 1. The third-order valence-electron chi connectivity index (χ3n) is 4.27. The average Bonchev–Trinajstić information content (AvgIpc) is 3.16. The summed E-state index contributed by atoms with van der Waals surface area (Å²) < 4.78 is 48.7. The molecule has 0 bridgehead atoms. The number of piperidine rings is 1. The van der Waals surface area contributed by atoms with Gasteiger partial charge in [0.1, 0.15) is 5.69 Å². The number of nitro benzene ring substituents is 1. The molecule has 26 heavy (non-hydrogen) atoms. The predicted octanol–water partition coefficient (Wildman–Crippen LogP) is 3.43. The molecule has 1 atom stereocenters. The number of sulfone groups is 1. The second-order valence-corrected chi connectivity index (χ2v) is 8.71. The first-order valence-corrected chi connectivity index (χ1v) is 10.2. The second-order valence-electron chi connectivity index (χ2n) is 5.87. The zero-order valence-corrected chi connectivity index (χ0v) is 15.0. The van der Waals surface area contributed by atoms with Gasteiger partial charge < -0.3 is 4.90 Å². The van der Waals surface area contributed by atoms with E-state index in [0.717, 1.165) is 23.9 Å². The van der Waals surface area contributed by atoms with Crippen LogP contribution in [0.2, 0.25) is 0 Å². The molecule has 1 aliphatic heterocycles. The molecule has 3 rings (SSSR count). The SMILES string of the molecule is O=[N+]([O-])c1cc(S(=O)(=O)C(F)F)ccc1N1CCCC(c2nccs2)C1. The van der Waals surface area contributed by atoms with Crippen LogP contribution in [0.25, 0.3) is 0 Å². The molecule has 0 spiro atoms. The summed E-state index contributed by atoms with van der Waals surface area (Å²) in [6.07, 6.45) is 3.39. The standard InChI is InChI=1S/C15H15F2N3O4S2/c16-15(17)26(23,24)11-3-4-12(13(8-11)20(21)22)19-6-1-2-10(9-19)14-18-5-7-25-14/h3-5,7-8,10,15H,1-2,6,9H2. The lowest BCUT2D eigenvalue weighted by molar-refractivity contribution is -0.384. The largest absolute Gasteiger partial charge is 0.365 e. The fraction of sp³-hybridized carbons (Fsp3) is 0.400. The van der Waals surface area contributed by atoms with Crippen molar-refractivity contribution in [1.82, 2.24) is 4.98 Å². The summed E-state index contributed by atoms with van der Waals surface area (Å²) in [6, 6.07) is 2.94. The maximum absolute atomic E-state index is 12.7. The van der Waals surface area contributed by atoms with Gasteiger partial charge in [0.2, 0.25) is 9.84 Å². The Morgan fingerprint density at radius 1 is 1.38 bits per heavy atom.